The Morgan fingerprint density at radius 3 is 2.35 bits per heavy atom. The average Bonchev–Trinajstić information content (AvgIpc) is 2.71. The molecule has 2 aromatic carbocycles. The largest absolute Gasteiger partial charge is 0.497 e. The van der Waals surface area contributed by atoms with Crippen LogP contribution in [0.15, 0.2) is 42.5 Å². The predicted molar refractivity (Wildman–Crippen MR) is 87.1 cm³/mol. The van der Waals surface area contributed by atoms with Crippen molar-refractivity contribution in [1.82, 2.24) is 0 Å². The quantitative estimate of drug-likeness (QED) is 0.913. The van der Waals surface area contributed by atoms with Crippen molar-refractivity contribution >= 4 is 11.6 Å². The second-order valence-electron chi connectivity index (χ2n) is 5.54. The lowest BCUT2D eigenvalue weighted by Gasteiger charge is -2.19. The van der Waals surface area contributed by atoms with Gasteiger partial charge in [0.05, 0.1) is 14.2 Å². The van der Waals surface area contributed by atoms with Crippen LogP contribution >= 0.6 is 0 Å². The summed E-state index contributed by atoms with van der Waals surface area (Å²) in [6.07, 6.45) is -0.569. The number of ether oxygens (including phenoxy) is 2. The number of aliphatic hydroxyl groups excluding tert-OH is 1. The second-order valence-corrected chi connectivity index (χ2v) is 5.54. The van der Waals surface area contributed by atoms with E-state index in [4.69, 9.17) is 9.47 Å². The lowest BCUT2D eigenvalue weighted by atomic mass is 9.87. The van der Waals surface area contributed by atoms with E-state index in [0.29, 0.717) is 12.1 Å². The van der Waals surface area contributed by atoms with Crippen molar-refractivity contribution in [3.63, 3.8) is 0 Å². The van der Waals surface area contributed by atoms with Crippen LogP contribution in [0, 0.1) is 0 Å². The fraction of sp³-hybridized carbons (Fsp3) is 0.278. The second kappa shape index (κ2) is 6.30. The number of anilines is 1. The maximum Gasteiger partial charge on any atom is 0.253 e. The average molecular weight is 313 g/mol. The molecule has 2 atom stereocenters. The van der Waals surface area contributed by atoms with Crippen molar-refractivity contribution in [2.24, 2.45) is 0 Å². The molecule has 2 aromatic rings. The summed E-state index contributed by atoms with van der Waals surface area (Å²) in [6.45, 7) is 0. The van der Waals surface area contributed by atoms with Crippen LogP contribution in [0.2, 0.25) is 0 Å². The van der Waals surface area contributed by atoms with Crippen molar-refractivity contribution in [1.29, 1.82) is 0 Å². The Morgan fingerprint density at radius 1 is 1.04 bits per heavy atom. The molecule has 0 fully saturated rings. The highest BCUT2D eigenvalue weighted by Gasteiger charge is 2.32. The zero-order chi connectivity index (χ0) is 16.4. The monoisotopic (exact) mass is 313 g/mol. The van der Waals surface area contributed by atoms with E-state index >= 15 is 0 Å². The van der Waals surface area contributed by atoms with Gasteiger partial charge in [-0.2, -0.15) is 0 Å². The molecule has 0 aromatic heterocycles. The number of methoxy groups -OCH3 is 2. The summed E-state index contributed by atoms with van der Waals surface area (Å²) in [5.74, 6) is 0.746. The molecule has 0 saturated heterocycles. The van der Waals surface area contributed by atoms with Gasteiger partial charge in [0.1, 0.15) is 17.6 Å². The maximum absolute atomic E-state index is 12.2. The Balaban J connectivity index is 1.99. The maximum atomic E-state index is 12.2. The molecule has 0 radical (unpaired) electrons. The topological polar surface area (TPSA) is 67.8 Å². The van der Waals surface area contributed by atoms with E-state index in [0.717, 1.165) is 22.6 Å². The number of nitrogens with one attached hydrogen (secondary N) is 1. The minimum absolute atomic E-state index is 0.325. The molecule has 2 unspecified atom stereocenters. The Morgan fingerprint density at radius 2 is 1.70 bits per heavy atom. The summed E-state index contributed by atoms with van der Waals surface area (Å²) in [7, 11) is 3.21. The van der Waals surface area contributed by atoms with Crippen molar-refractivity contribution < 1.29 is 19.4 Å². The van der Waals surface area contributed by atoms with Crippen LogP contribution < -0.4 is 14.8 Å². The van der Waals surface area contributed by atoms with E-state index in [-0.39, 0.29) is 5.92 Å². The number of aliphatic hydroxyl groups is 1. The highest BCUT2D eigenvalue weighted by atomic mass is 16.5. The van der Waals surface area contributed by atoms with Gasteiger partial charge in [0.25, 0.3) is 5.91 Å². The van der Waals surface area contributed by atoms with Crippen LogP contribution in [0.1, 0.15) is 17.0 Å². The first-order valence-electron chi connectivity index (χ1n) is 7.42. The standard InChI is InChI=1S/C18H19NO4/c1-22-13-5-3-11(4-6-13)15-10-12-9-14(23-2)7-8-16(12)19-18(21)17(15)20/h3-9,15,17,20H,10H2,1-2H3,(H,19,21). The number of hydrogen-bond donors (Lipinski definition) is 2. The highest BCUT2D eigenvalue weighted by molar-refractivity contribution is 5.96. The summed E-state index contributed by atoms with van der Waals surface area (Å²) < 4.78 is 10.4. The molecular weight excluding hydrogens is 294 g/mol. The van der Waals surface area contributed by atoms with E-state index in [1.165, 1.54) is 0 Å². The van der Waals surface area contributed by atoms with Gasteiger partial charge in [-0.15, -0.1) is 0 Å². The Labute approximate surface area is 134 Å². The van der Waals surface area contributed by atoms with Gasteiger partial charge in [-0.1, -0.05) is 12.1 Å². The Hall–Kier alpha value is -2.53. The smallest absolute Gasteiger partial charge is 0.253 e. The van der Waals surface area contributed by atoms with Crippen LogP contribution in [-0.2, 0) is 11.2 Å². The van der Waals surface area contributed by atoms with Crippen LogP contribution in [0.25, 0.3) is 0 Å². The molecule has 3 rings (SSSR count). The summed E-state index contributed by atoms with van der Waals surface area (Å²) >= 11 is 0. The van der Waals surface area contributed by atoms with Crippen molar-refractivity contribution in [3.8, 4) is 11.5 Å². The molecule has 1 amide bonds. The fourth-order valence-electron chi connectivity index (χ4n) is 2.88. The first kappa shape index (κ1) is 15.4. The highest BCUT2D eigenvalue weighted by Crippen LogP contribution is 2.34. The summed E-state index contributed by atoms with van der Waals surface area (Å²) in [5.41, 5.74) is 2.55. The van der Waals surface area contributed by atoms with E-state index in [2.05, 4.69) is 5.32 Å². The lowest BCUT2D eigenvalue weighted by Crippen LogP contribution is -2.31. The molecule has 5 nitrogen and oxygen atoms in total. The van der Waals surface area contributed by atoms with Crippen molar-refractivity contribution in [2.45, 2.75) is 18.4 Å². The molecular formula is C18H19NO4. The van der Waals surface area contributed by atoms with Gasteiger partial charge in [0.15, 0.2) is 0 Å². The van der Waals surface area contributed by atoms with Gasteiger partial charge in [-0.05, 0) is 47.9 Å². The zero-order valence-electron chi connectivity index (χ0n) is 13.1. The van der Waals surface area contributed by atoms with E-state index < -0.39 is 12.0 Å². The summed E-state index contributed by atoms with van der Waals surface area (Å²) in [4.78, 5) is 12.2. The van der Waals surface area contributed by atoms with Gasteiger partial charge < -0.3 is 19.9 Å². The number of rotatable bonds is 3. The van der Waals surface area contributed by atoms with Crippen LogP contribution in [0.3, 0.4) is 0 Å². The minimum atomic E-state index is -1.11. The number of carbonyl (C=O) groups excluding carboxylic acids is 1. The van der Waals surface area contributed by atoms with Crippen LogP contribution in [-0.4, -0.2) is 31.3 Å². The predicted octanol–water partition coefficient (Wildman–Crippen LogP) is 2.34. The minimum Gasteiger partial charge on any atom is -0.497 e. The fourth-order valence-corrected chi connectivity index (χ4v) is 2.88. The van der Waals surface area contributed by atoms with Gasteiger partial charge >= 0.3 is 0 Å². The number of hydrogen-bond acceptors (Lipinski definition) is 4. The first-order chi connectivity index (χ1) is 11.1. The third kappa shape index (κ3) is 3.00. The number of fused-ring (bicyclic) bond motifs is 1. The van der Waals surface area contributed by atoms with Gasteiger partial charge in [-0.25, -0.2) is 0 Å². The van der Waals surface area contributed by atoms with Gasteiger partial charge in [0.2, 0.25) is 0 Å². The normalized spacial score (nSPS) is 20.2. The molecule has 1 aliphatic heterocycles. The Kier molecular flexibility index (Phi) is 4.21. The first-order valence-corrected chi connectivity index (χ1v) is 7.42. The molecule has 2 N–H and O–H groups in total. The molecule has 1 heterocycles. The van der Waals surface area contributed by atoms with Gasteiger partial charge in [-0.3, -0.25) is 4.79 Å². The van der Waals surface area contributed by atoms with E-state index in [9.17, 15) is 9.90 Å². The number of carbonyl (C=O) groups is 1. The molecule has 0 bridgehead atoms. The van der Waals surface area contributed by atoms with Crippen LogP contribution in [0.4, 0.5) is 5.69 Å². The molecule has 23 heavy (non-hydrogen) atoms. The number of benzene rings is 2. The van der Waals surface area contributed by atoms with Gasteiger partial charge in [0, 0.05) is 11.6 Å². The molecule has 0 spiro atoms. The Bertz CT molecular complexity index is 711. The molecule has 5 heteroatoms. The SMILES string of the molecule is COc1ccc(C2Cc3cc(OC)ccc3NC(=O)C2O)cc1. The van der Waals surface area contributed by atoms with E-state index in [1.54, 1.807) is 26.4 Å². The molecule has 0 saturated carbocycles. The summed E-state index contributed by atoms with van der Waals surface area (Å²) in [5, 5.41) is 13.2. The van der Waals surface area contributed by atoms with Crippen LogP contribution in [0.5, 0.6) is 11.5 Å². The zero-order valence-corrected chi connectivity index (χ0v) is 13.1. The molecule has 1 aliphatic rings. The summed E-state index contributed by atoms with van der Waals surface area (Å²) in [6, 6.07) is 12.9. The van der Waals surface area contributed by atoms with E-state index in [1.807, 2.05) is 30.3 Å². The van der Waals surface area contributed by atoms with Crippen molar-refractivity contribution in [3.05, 3.63) is 53.6 Å². The molecule has 0 aliphatic carbocycles. The molecule has 120 valence electrons. The lowest BCUT2D eigenvalue weighted by molar-refractivity contribution is -0.124. The number of amides is 1. The third-order valence-corrected chi connectivity index (χ3v) is 4.20. The third-order valence-electron chi connectivity index (χ3n) is 4.20. The van der Waals surface area contributed by atoms with Crippen molar-refractivity contribution in [2.75, 3.05) is 19.5 Å².